The number of piperazine rings is 1. The molecule has 1 amide bonds. The van der Waals surface area contributed by atoms with Crippen LogP contribution in [-0.2, 0) is 4.79 Å². The van der Waals surface area contributed by atoms with E-state index >= 15 is 0 Å². The molecular formula is C27H27N5O4. The minimum absolute atomic E-state index is 0.0504. The van der Waals surface area contributed by atoms with Crippen molar-refractivity contribution in [3.63, 3.8) is 0 Å². The predicted molar refractivity (Wildman–Crippen MR) is 137 cm³/mol. The maximum atomic E-state index is 13.2. The summed E-state index contributed by atoms with van der Waals surface area (Å²) < 4.78 is 7.27. The van der Waals surface area contributed by atoms with Crippen LogP contribution < -0.4 is 9.64 Å². The fraction of sp³-hybridized carbons (Fsp3) is 0.259. The summed E-state index contributed by atoms with van der Waals surface area (Å²) >= 11 is 0. The van der Waals surface area contributed by atoms with Crippen molar-refractivity contribution in [2.24, 2.45) is 0 Å². The van der Waals surface area contributed by atoms with Gasteiger partial charge in [0, 0.05) is 55.4 Å². The van der Waals surface area contributed by atoms with E-state index in [2.05, 4.69) is 11.0 Å². The van der Waals surface area contributed by atoms with E-state index in [-0.39, 0.29) is 17.2 Å². The fourth-order valence-corrected chi connectivity index (χ4v) is 4.55. The monoisotopic (exact) mass is 485 g/mol. The van der Waals surface area contributed by atoms with Gasteiger partial charge in [-0.15, -0.1) is 0 Å². The minimum Gasteiger partial charge on any atom is -0.495 e. The largest absolute Gasteiger partial charge is 0.495 e. The SMILES string of the molecule is COc1ccc([N+](=O)[O-])cc1-n1c(C)cc(/C=C(/C#N)C(=O)N2CCN(c3ccccc3)CC2)c1C. The molecule has 0 radical (unpaired) electrons. The molecule has 0 atom stereocenters. The lowest BCUT2D eigenvalue weighted by Crippen LogP contribution is -2.49. The molecule has 0 saturated carbocycles. The molecule has 1 aliphatic rings. The summed E-state index contributed by atoms with van der Waals surface area (Å²) in [6, 6.07) is 18.4. The predicted octanol–water partition coefficient (Wildman–Crippen LogP) is 4.27. The second-order valence-corrected chi connectivity index (χ2v) is 8.56. The van der Waals surface area contributed by atoms with Gasteiger partial charge in [-0.25, -0.2) is 0 Å². The number of methoxy groups -OCH3 is 1. The fourth-order valence-electron chi connectivity index (χ4n) is 4.55. The standard InChI is InChI=1S/C27H27N5O4/c1-19-15-21(20(2)31(19)25-17-24(32(34)35)9-10-26(25)36-3)16-22(18-28)27(33)30-13-11-29(12-14-30)23-7-5-4-6-8-23/h4-10,15-17H,11-14H2,1-3H3/b22-16-. The number of aromatic nitrogens is 1. The highest BCUT2D eigenvalue weighted by Gasteiger charge is 2.25. The number of carbonyl (C=O) groups excluding carboxylic acids is 1. The van der Waals surface area contributed by atoms with Gasteiger partial charge in [0.1, 0.15) is 17.4 Å². The van der Waals surface area contributed by atoms with E-state index in [0.717, 1.165) is 17.1 Å². The first kappa shape index (κ1) is 24.5. The average Bonchev–Trinajstić information content (AvgIpc) is 3.19. The summed E-state index contributed by atoms with van der Waals surface area (Å²) in [4.78, 5) is 28.0. The van der Waals surface area contributed by atoms with E-state index in [1.165, 1.54) is 19.2 Å². The van der Waals surface area contributed by atoms with Crippen LogP contribution in [0.5, 0.6) is 5.75 Å². The average molecular weight is 486 g/mol. The molecule has 9 heteroatoms. The Morgan fingerprint density at radius 1 is 1.08 bits per heavy atom. The van der Waals surface area contributed by atoms with Crippen molar-refractivity contribution in [3.8, 4) is 17.5 Å². The van der Waals surface area contributed by atoms with Gasteiger partial charge in [-0.2, -0.15) is 5.26 Å². The van der Waals surface area contributed by atoms with E-state index in [0.29, 0.717) is 43.2 Å². The highest BCUT2D eigenvalue weighted by Crippen LogP contribution is 2.32. The number of hydrogen-bond acceptors (Lipinski definition) is 6. The normalized spacial score (nSPS) is 13.9. The van der Waals surface area contributed by atoms with E-state index in [1.54, 1.807) is 17.0 Å². The van der Waals surface area contributed by atoms with Crippen molar-refractivity contribution >= 4 is 23.4 Å². The molecule has 1 saturated heterocycles. The van der Waals surface area contributed by atoms with Gasteiger partial charge in [0.15, 0.2) is 0 Å². The number of carbonyl (C=O) groups is 1. The summed E-state index contributed by atoms with van der Waals surface area (Å²) in [7, 11) is 1.50. The molecule has 0 N–H and O–H groups in total. The number of nitro benzene ring substituents is 1. The van der Waals surface area contributed by atoms with Gasteiger partial charge in [-0.3, -0.25) is 14.9 Å². The zero-order valence-electron chi connectivity index (χ0n) is 20.5. The zero-order chi connectivity index (χ0) is 25.8. The first-order chi connectivity index (χ1) is 17.3. The number of nitriles is 1. The number of aryl methyl sites for hydroxylation is 1. The van der Waals surface area contributed by atoms with Gasteiger partial charge < -0.3 is 19.1 Å². The Kier molecular flexibility index (Phi) is 7.06. The van der Waals surface area contributed by atoms with Gasteiger partial charge in [0.2, 0.25) is 0 Å². The Hall–Kier alpha value is -4.58. The molecule has 0 spiro atoms. The van der Waals surface area contributed by atoms with Crippen LogP contribution in [0.3, 0.4) is 0 Å². The molecule has 9 nitrogen and oxygen atoms in total. The second kappa shape index (κ2) is 10.4. The van der Waals surface area contributed by atoms with Gasteiger partial charge in [0.05, 0.1) is 17.7 Å². The third-order valence-corrected chi connectivity index (χ3v) is 6.42. The molecule has 1 fully saturated rings. The van der Waals surface area contributed by atoms with Crippen molar-refractivity contribution in [1.82, 2.24) is 9.47 Å². The number of benzene rings is 2. The number of ether oxygens (including phenoxy) is 1. The molecule has 0 aliphatic carbocycles. The molecule has 1 aliphatic heterocycles. The maximum Gasteiger partial charge on any atom is 0.271 e. The van der Waals surface area contributed by atoms with Crippen molar-refractivity contribution in [2.45, 2.75) is 13.8 Å². The molecule has 0 bridgehead atoms. The van der Waals surface area contributed by atoms with Crippen LogP contribution in [0, 0.1) is 35.3 Å². The number of nitro groups is 1. The first-order valence-electron chi connectivity index (χ1n) is 11.6. The zero-order valence-corrected chi connectivity index (χ0v) is 20.5. The van der Waals surface area contributed by atoms with E-state index in [9.17, 15) is 20.2 Å². The highest BCUT2D eigenvalue weighted by molar-refractivity contribution is 6.02. The van der Waals surface area contributed by atoms with Crippen LogP contribution in [0.15, 0.2) is 60.2 Å². The topological polar surface area (TPSA) is 105 Å². The third-order valence-electron chi connectivity index (χ3n) is 6.42. The van der Waals surface area contributed by atoms with E-state index in [4.69, 9.17) is 4.74 Å². The van der Waals surface area contributed by atoms with Crippen molar-refractivity contribution in [3.05, 3.63) is 87.2 Å². The van der Waals surface area contributed by atoms with E-state index < -0.39 is 4.92 Å². The number of amides is 1. The van der Waals surface area contributed by atoms with Crippen LogP contribution in [0.1, 0.15) is 17.0 Å². The number of anilines is 1. The molecule has 36 heavy (non-hydrogen) atoms. The van der Waals surface area contributed by atoms with Crippen LogP contribution in [0.25, 0.3) is 11.8 Å². The smallest absolute Gasteiger partial charge is 0.271 e. The molecule has 0 unspecified atom stereocenters. The number of non-ortho nitro benzene ring substituents is 1. The van der Waals surface area contributed by atoms with E-state index in [1.807, 2.05) is 54.8 Å². The Morgan fingerprint density at radius 3 is 2.39 bits per heavy atom. The maximum absolute atomic E-state index is 13.2. The Balaban J connectivity index is 1.59. The van der Waals surface area contributed by atoms with Gasteiger partial charge in [-0.05, 0) is 49.8 Å². The Labute approximate surface area is 209 Å². The van der Waals surface area contributed by atoms with Crippen molar-refractivity contribution in [1.29, 1.82) is 5.26 Å². The molecule has 2 heterocycles. The quantitative estimate of drug-likeness (QED) is 0.224. The Bertz CT molecular complexity index is 1360. The van der Waals surface area contributed by atoms with Crippen molar-refractivity contribution < 1.29 is 14.5 Å². The van der Waals surface area contributed by atoms with Crippen LogP contribution >= 0.6 is 0 Å². The molecule has 4 rings (SSSR count). The van der Waals surface area contributed by atoms with Crippen molar-refractivity contribution in [2.75, 3.05) is 38.2 Å². The van der Waals surface area contributed by atoms with Gasteiger partial charge in [-0.1, -0.05) is 18.2 Å². The Morgan fingerprint density at radius 2 is 1.78 bits per heavy atom. The second-order valence-electron chi connectivity index (χ2n) is 8.56. The molecule has 2 aromatic carbocycles. The van der Waals surface area contributed by atoms with Crippen LogP contribution in [0.2, 0.25) is 0 Å². The summed E-state index contributed by atoms with van der Waals surface area (Å²) in [5.41, 5.74) is 3.84. The summed E-state index contributed by atoms with van der Waals surface area (Å²) in [5, 5.41) is 21.1. The lowest BCUT2D eigenvalue weighted by atomic mass is 10.1. The molecule has 184 valence electrons. The van der Waals surface area contributed by atoms with Crippen LogP contribution in [0.4, 0.5) is 11.4 Å². The number of nitrogens with zero attached hydrogens (tertiary/aromatic N) is 5. The lowest BCUT2D eigenvalue weighted by Gasteiger charge is -2.36. The molecule has 3 aromatic rings. The summed E-state index contributed by atoms with van der Waals surface area (Å²) in [5.74, 6) is 0.175. The third kappa shape index (κ3) is 4.79. The first-order valence-corrected chi connectivity index (χ1v) is 11.6. The summed E-state index contributed by atoms with van der Waals surface area (Å²) in [6.45, 7) is 6.13. The lowest BCUT2D eigenvalue weighted by molar-refractivity contribution is -0.384. The number of para-hydroxylation sites is 1. The van der Waals surface area contributed by atoms with Gasteiger partial charge >= 0.3 is 0 Å². The van der Waals surface area contributed by atoms with Crippen LogP contribution in [-0.4, -0.2) is 53.6 Å². The minimum atomic E-state index is -0.456. The highest BCUT2D eigenvalue weighted by atomic mass is 16.6. The molecular weight excluding hydrogens is 458 g/mol. The number of hydrogen-bond donors (Lipinski definition) is 0. The summed E-state index contributed by atoms with van der Waals surface area (Å²) in [6.07, 6.45) is 1.59. The van der Waals surface area contributed by atoms with Gasteiger partial charge in [0.25, 0.3) is 11.6 Å². The molecule has 1 aromatic heterocycles. The number of rotatable bonds is 6.